The first-order valence-corrected chi connectivity index (χ1v) is 7.13. The monoisotopic (exact) mass is 251 g/mol. The Bertz CT molecular complexity index is 437. The van der Waals surface area contributed by atoms with E-state index in [1.54, 1.807) is 0 Å². The fourth-order valence-corrected chi connectivity index (χ4v) is 3.74. The summed E-state index contributed by atoms with van der Waals surface area (Å²) in [5.41, 5.74) is 6.59. The van der Waals surface area contributed by atoms with Crippen LogP contribution in [0.3, 0.4) is 0 Å². The number of aromatic nitrogens is 1. The van der Waals surface area contributed by atoms with Crippen LogP contribution in [0.5, 0.6) is 0 Å². The molecule has 17 heavy (non-hydrogen) atoms. The quantitative estimate of drug-likeness (QED) is 0.831. The second-order valence-corrected chi connectivity index (χ2v) is 5.90. The molecule has 1 amide bonds. The Morgan fingerprint density at radius 3 is 2.82 bits per heavy atom. The molecule has 0 spiro atoms. The van der Waals surface area contributed by atoms with Crippen molar-refractivity contribution in [2.75, 3.05) is 12.3 Å². The largest absolute Gasteiger partial charge is 0.375 e. The number of fused-ring (bicyclic) bond motifs is 1. The second-order valence-electron chi connectivity index (χ2n) is 4.87. The Morgan fingerprint density at radius 1 is 1.29 bits per heavy atom. The van der Waals surface area contributed by atoms with E-state index in [2.05, 4.69) is 9.88 Å². The molecule has 1 aromatic rings. The normalized spacial score (nSPS) is 21.6. The van der Waals surface area contributed by atoms with Crippen molar-refractivity contribution in [1.82, 2.24) is 9.88 Å². The molecule has 1 aliphatic carbocycles. The van der Waals surface area contributed by atoms with E-state index in [0.29, 0.717) is 11.2 Å². The fourth-order valence-electron chi connectivity index (χ4n) is 2.91. The number of rotatable bonds is 1. The van der Waals surface area contributed by atoms with Crippen molar-refractivity contribution in [2.24, 2.45) is 0 Å². The van der Waals surface area contributed by atoms with Crippen LogP contribution in [-0.2, 0) is 6.42 Å². The summed E-state index contributed by atoms with van der Waals surface area (Å²) < 4.78 is 0. The molecule has 92 valence electrons. The summed E-state index contributed by atoms with van der Waals surface area (Å²) in [6.07, 6.45) is 7.02. The highest BCUT2D eigenvalue weighted by Crippen LogP contribution is 2.31. The van der Waals surface area contributed by atoms with E-state index in [0.717, 1.165) is 36.4 Å². The van der Waals surface area contributed by atoms with Crippen molar-refractivity contribution in [3.8, 4) is 0 Å². The van der Waals surface area contributed by atoms with Crippen LogP contribution < -0.4 is 5.73 Å². The minimum absolute atomic E-state index is 0.160. The van der Waals surface area contributed by atoms with Crippen LogP contribution in [0, 0.1) is 0 Å². The van der Waals surface area contributed by atoms with Gasteiger partial charge in [-0.2, -0.15) is 0 Å². The lowest BCUT2D eigenvalue weighted by molar-refractivity contribution is 0.0619. The summed E-state index contributed by atoms with van der Waals surface area (Å²) in [6.45, 7) is 0.819. The Balaban J connectivity index is 1.83. The predicted molar refractivity (Wildman–Crippen MR) is 68.1 cm³/mol. The molecule has 2 aliphatic rings. The van der Waals surface area contributed by atoms with Crippen LogP contribution in [-0.4, -0.2) is 28.4 Å². The molecule has 5 heteroatoms. The zero-order chi connectivity index (χ0) is 11.8. The summed E-state index contributed by atoms with van der Waals surface area (Å²) >= 11 is 1.34. The summed E-state index contributed by atoms with van der Waals surface area (Å²) in [7, 11) is 0. The second kappa shape index (κ2) is 4.29. The van der Waals surface area contributed by atoms with Crippen LogP contribution in [0.25, 0.3) is 0 Å². The Morgan fingerprint density at radius 2 is 2.06 bits per heavy atom. The summed E-state index contributed by atoms with van der Waals surface area (Å²) in [4.78, 5) is 19.4. The molecule has 0 atom stereocenters. The van der Waals surface area contributed by atoms with Gasteiger partial charge in [-0.25, -0.2) is 4.98 Å². The third-order valence-corrected chi connectivity index (χ3v) is 4.69. The molecule has 3 rings (SSSR count). The van der Waals surface area contributed by atoms with Gasteiger partial charge in [0.25, 0.3) is 5.91 Å². The fraction of sp³-hybridized carbons (Fsp3) is 0.667. The van der Waals surface area contributed by atoms with Crippen LogP contribution in [0.4, 0.5) is 5.13 Å². The summed E-state index contributed by atoms with van der Waals surface area (Å²) in [5.74, 6) is 0.160. The van der Waals surface area contributed by atoms with Crippen molar-refractivity contribution < 1.29 is 4.79 Å². The van der Waals surface area contributed by atoms with E-state index in [1.165, 1.54) is 30.6 Å². The zero-order valence-corrected chi connectivity index (χ0v) is 10.6. The van der Waals surface area contributed by atoms with Crippen molar-refractivity contribution in [2.45, 2.75) is 44.6 Å². The Kier molecular flexibility index (Phi) is 2.78. The molecule has 1 aliphatic heterocycles. The van der Waals surface area contributed by atoms with E-state index in [-0.39, 0.29) is 5.91 Å². The number of amides is 1. The third kappa shape index (κ3) is 1.92. The van der Waals surface area contributed by atoms with Crippen molar-refractivity contribution in [3.63, 3.8) is 0 Å². The lowest BCUT2D eigenvalue weighted by atomic mass is 9.93. The van der Waals surface area contributed by atoms with E-state index < -0.39 is 0 Å². The average Bonchev–Trinajstić information content (AvgIpc) is 2.72. The SMILES string of the molecule is Nc1nc2c(s1)C(=O)N(C1CCCCC1)CC2. The lowest BCUT2D eigenvalue weighted by Crippen LogP contribution is -2.45. The predicted octanol–water partition coefficient (Wildman–Crippen LogP) is 2.06. The number of hydrogen-bond donors (Lipinski definition) is 1. The third-order valence-electron chi connectivity index (χ3n) is 3.77. The minimum Gasteiger partial charge on any atom is -0.375 e. The van der Waals surface area contributed by atoms with Crippen molar-refractivity contribution in [3.05, 3.63) is 10.6 Å². The molecule has 1 saturated carbocycles. The van der Waals surface area contributed by atoms with Gasteiger partial charge in [-0.15, -0.1) is 0 Å². The summed E-state index contributed by atoms with van der Waals surface area (Å²) in [6, 6.07) is 0.452. The van der Waals surface area contributed by atoms with Gasteiger partial charge in [-0.3, -0.25) is 4.79 Å². The number of thiazole rings is 1. The minimum atomic E-state index is 0.160. The van der Waals surface area contributed by atoms with Gasteiger partial charge in [0.1, 0.15) is 4.88 Å². The molecular formula is C12H17N3OS. The van der Waals surface area contributed by atoms with Gasteiger partial charge in [-0.1, -0.05) is 30.6 Å². The first-order valence-electron chi connectivity index (χ1n) is 6.32. The molecule has 0 saturated heterocycles. The molecule has 2 N–H and O–H groups in total. The number of nitrogen functional groups attached to an aromatic ring is 1. The number of carbonyl (C=O) groups excluding carboxylic acids is 1. The first kappa shape index (κ1) is 11.0. The maximum absolute atomic E-state index is 12.4. The van der Waals surface area contributed by atoms with Gasteiger partial charge < -0.3 is 10.6 Å². The maximum atomic E-state index is 12.4. The van der Waals surface area contributed by atoms with E-state index >= 15 is 0 Å². The summed E-state index contributed by atoms with van der Waals surface area (Å²) in [5, 5.41) is 0.522. The molecule has 0 aromatic carbocycles. The van der Waals surface area contributed by atoms with Crippen LogP contribution in [0.2, 0.25) is 0 Å². The lowest BCUT2D eigenvalue weighted by Gasteiger charge is -2.36. The molecular weight excluding hydrogens is 234 g/mol. The Labute approximate surface area is 105 Å². The number of nitrogens with zero attached hydrogens (tertiary/aromatic N) is 2. The molecule has 2 heterocycles. The number of anilines is 1. The van der Waals surface area contributed by atoms with Crippen LogP contribution in [0.15, 0.2) is 0 Å². The molecule has 0 radical (unpaired) electrons. The highest BCUT2D eigenvalue weighted by molar-refractivity contribution is 7.17. The van der Waals surface area contributed by atoms with Crippen LogP contribution in [0.1, 0.15) is 47.5 Å². The van der Waals surface area contributed by atoms with E-state index in [9.17, 15) is 4.79 Å². The smallest absolute Gasteiger partial charge is 0.266 e. The van der Waals surface area contributed by atoms with E-state index in [4.69, 9.17) is 5.73 Å². The van der Waals surface area contributed by atoms with Gasteiger partial charge >= 0.3 is 0 Å². The topological polar surface area (TPSA) is 59.2 Å². The number of carbonyl (C=O) groups is 1. The standard InChI is InChI=1S/C12H17N3OS/c13-12-14-9-6-7-15(11(16)10(9)17-12)8-4-2-1-3-5-8/h8H,1-7H2,(H2,13,14). The first-order chi connectivity index (χ1) is 8.25. The average molecular weight is 251 g/mol. The highest BCUT2D eigenvalue weighted by Gasteiger charge is 2.32. The van der Waals surface area contributed by atoms with E-state index in [1.807, 2.05) is 0 Å². The number of nitrogens with two attached hydrogens (primary N) is 1. The van der Waals surface area contributed by atoms with Gasteiger partial charge in [0, 0.05) is 19.0 Å². The molecule has 4 nitrogen and oxygen atoms in total. The Hall–Kier alpha value is -1.10. The zero-order valence-electron chi connectivity index (χ0n) is 9.82. The van der Waals surface area contributed by atoms with Gasteiger partial charge in [0.15, 0.2) is 5.13 Å². The number of hydrogen-bond acceptors (Lipinski definition) is 4. The highest BCUT2D eigenvalue weighted by atomic mass is 32.1. The van der Waals surface area contributed by atoms with Gasteiger partial charge in [-0.05, 0) is 12.8 Å². The van der Waals surface area contributed by atoms with Crippen molar-refractivity contribution >= 4 is 22.4 Å². The van der Waals surface area contributed by atoms with Gasteiger partial charge in [0.2, 0.25) is 0 Å². The molecule has 1 aromatic heterocycles. The van der Waals surface area contributed by atoms with Crippen molar-refractivity contribution in [1.29, 1.82) is 0 Å². The molecule has 1 fully saturated rings. The maximum Gasteiger partial charge on any atom is 0.266 e. The van der Waals surface area contributed by atoms with Crippen LogP contribution >= 0.6 is 11.3 Å². The molecule has 0 bridgehead atoms. The van der Waals surface area contributed by atoms with Gasteiger partial charge in [0.05, 0.1) is 5.69 Å². The molecule has 0 unspecified atom stereocenters.